The van der Waals surface area contributed by atoms with Gasteiger partial charge in [-0.1, -0.05) is 5.16 Å². The van der Waals surface area contributed by atoms with Gasteiger partial charge in [-0.2, -0.15) is 0 Å². The molecule has 0 aliphatic heterocycles. The molecule has 31 heavy (non-hydrogen) atoms. The zero-order chi connectivity index (χ0) is 21.8. The highest BCUT2D eigenvalue weighted by atomic mass is 32.2. The van der Waals surface area contributed by atoms with E-state index >= 15 is 0 Å². The van der Waals surface area contributed by atoms with Gasteiger partial charge in [0.2, 0.25) is 0 Å². The zero-order valence-electron chi connectivity index (χ0n) is 17.5. The molecule has 0 aliphatic rings. The second-order valence-corrected chi connectivity index (χ2v) is 7.96. The van der Waals surface area contributed by atoms with Gasteiger partial charge >= 0.3 is 0 Å². The standard InChI is InChI=1S/C22H22N6O2S/c1-14-19(15(2)30-27-14)13-31-22-18(5-4-7-25-22)21(29)26-12-17-6-8-24-20(11-17)28-10-9-23-16(28)3/h4-11H,12-13H2,1-3H3,(H,26,29). The average molecular weight is 435 g/mol. The summed E-state index contributed by atoms with van der Waals surface area (Å²) in [6.07, 6.45) is 7.01. The van der Waals surface area contributed by atoms with Crippen LogP contribution in [0.25, 0.3) is 5.82 Å². The van der Waals surface area contributed by atoms with Crippen LogP contribution in [0.3, 0.4) is 0 Å². The third-order valence-electron chi connectivity index (χ3n) is 4.89. The lowest BCUT2D eigenvalue weighted by atomic mass is 10.2. The summed E-state index contributed by atoms with van der Waals surface area (Å²) in [5.74, 6) is 2.86. The van der Waals surface area contributed by atoms with Crippen LogP contribution >= 0.6 is 11.8 Å². The predicted molar refractivity (Wildman–Crippen MR) is 117 cm³/mol. The first-order valence-electron chi connectivity index (χ1n) is 9.76. The number of nitrogens with zero attached hydrogens (tertiary/aromatic N) is 5. The second kappa shape index (κ2) is 9.13. The summed E-state index contributed by atoms with van der Waals surface area (Å²) in [6.45, 7) is 6.09. The Labute approximate surface area is 184 Å². The number of aryl methyl sites for hydroxylation is 3. The van der Waals surface area contributed by atoms with Crippen LogP contribution in [-0.2, 0) is 12.3 Å². The summed E-state index contributed by atoms with van der Waals surface area (Å²) in [7, 11) is 0. The van der Waals surface area contributed by atoms with Crippen molar-refractivity contribution in [2.45, 2.75) is 38.1 Å². The Morgan fingerprint density at radius 1 is 1.13 bits per heavy atom. The predicted octanol–water partition coefficient (Wildman–Crippen LogP) is 3.80. The lowest BCUT2D eigenvalue weighted by Crippen LogP contribution is -2.23. The van der Waals surface area contributed by atoms with E-state index in [9.17, 15) is 4.79 Å². The fraction of sp³-hybridized carbons (Fsp3) is 0.227. The van der Waals surface area contributed by atoms with Crippen molar-refractivity contribution in [2.75, 3.05) is 0 Å². The zero-order valence-corrected chi connectivity index (χ0v) is 18.3. The number of pyridine rings is 2. The molecule has 4 aromatic rings. The van der Waals surface area contributed by atoms with Crippen molar-refractivity contribution in [3.05, 3.63) is 83.0 Å². The molecule has 0 saturated carbocycles. The van der Waals surface area contributed by atoms with E-state index in [0.29, 0.717) is 22.9 Å². The molecular formula is C22H22N6O2S. The summed E-state index contributed by atoms with van der Waals surface area (Å²) in [5.41, 5.74) is 3.37. The average Bonchev–Trinajstić information content (AvgIpc) is 3.35. The summed E-state index contributed by atoms with van der Waals surface area (Å²) >= 11 is 1.49. The van der Waals surface area contributed by atoms with Gasteiger partial charge in [0.05, 0.1) is 11.3 Å². The van der Waals surface area contributed by atoms with Crippen LogP contribution in [-0.4, -0.2) is 30.6 Å². The number of imidazole rings is 1. The normalized spacial score (nSPS) is 10.9. The van der Waals surface area contributed by atoms with E-state index in [0.717, 1.165) is 34.2 Å². The number of amides is 1. The molecule has 0 saturated heterocycles. The molecule has 9 heteroatoms. The highest BCUT2D eigenvalue weighted by molar-refractivity contribution is 7.98. The molecule has 1 amide bonds. The number of aromatic nitrogens is 5. The van der Waals surface area contributed by atoms with E-state index in [-0.39, 0.29) is 5.91 Å². The minimum Gasteiger partial charge on any atom is -0.361 e. The molecule has 4 aromatic heterocycles. The minimum atomic E-state index is -0.175. The Morgan fingerprint density at radius 3 is 2.74 bits per heavy atom. The van der Waals surface area contributed by atoms with Crippen molar-refractivity contribution >= 4 is 17.7 Å². The van der Waals surface area contributed by atoms with Crippen LogP contribution in [0.15, 0.2) is 58.6 Å². The quantitative estimate of drug-likeness (QED) is 0.442. The van der Waals surface area contributed by atoms with E-state index in [1.54, 1.807) is 30.7 Å². The van der Waals surface area contributed by atoms with Gasteiger partial charge in [-0.05, 0) is 50.6 Å². The number of hydrogen-bond donors (Lipinski definition) is 1. The summed E-state index contributed by atoms with van der Waals surface area (Å²) in [6, 6.07) is 7.36. The Kier molecular flexibility index (Phi) is 6.13. The number of hydrogen-bond acceptors (Lipinski definition) is 7. The lowest BCUT2D eigenvalue weighted by molar-refractivity contribution is 0.0947. The molecule has 0 aliphatic carbocycles. The number of nitrogens with one attached hydrogen (secondary N) is 1. The van der Waals surface area contributed by atoms with Gasteiger partial charge in [0.15, 0.2) is 0 Å². The highest BCUT2D eigenvalue weighted by Gasteiger charge is 2.15. The van der Waals surface area contributed by atoms with Crippen LogP contribution in [0.1, 0.15) is 38.8 Å². The van der Waals surface area contributed by atoms with Gasteiger partial charge in [-0.25, -0.2) is 15.0 Å². The molecule has 4 heterocycles. The fourth-order valence-corrected chi connectivity index (χ4v) is 4.27. The number of carbonyl (C=O) groups excluding carboxylic acids is 1. The molecular weight excluding hydrogens is 412 g/mol. The first-order chi connectivity index (χ1) is 15.0. The van der Waals surface area contributed by atoms with Crippen molar-refractivity contribution in [1.29, 1.82) is 0 Å². The number of thioether (sulfide) groups is 1. The summed E-state index contributed by atoms with van der Waals surface area (Å²) in [4.78, 5) is 25.9. The summed E-state index contributed by atoms with van der Waals surface area (Å²) < 4.78 is 7.12. The van der Waals surface area contributed by atoms with Gasteiger partial charge in [-0.15, -0.1) is 11.8 Å². The maximum Gasteiger partial charge on any atom is 0.254 e. The molecule has 8 nitrogen and oxygen atoms in total. The Bertz CT molecular complexity index is 1200. The van der Waals surface area contributed by atoms with E-state index in [1.165, 1.54) is 11.8 Å². The highest BCUT2D eigenvalue weighted by Crippen LogP contribution is 2.27. The smallest absolute Gasteiger partial charge is 0.254 e. The molecule has 0 unspecified atom stereocenters. The molecule has 0 spiro atoms. The first-order valence-corrected chi connectivity index (χ1v) is 10.7. The lowest BCUT2D eigenvalue weighted by Gasteiger charge is -2.10. The largest absolute Gasteiger partial charge is 0.361 e. The number of carbonyl (C=O) groups is 1. The second-order valence-electron chi connectivity index (χ2n) is 7.00. The van der Waals surface area contributed by atoms with Crippen molar-refractivity contribution in [3.8, 4) is 5.82 Å². The van der Waals surface area contributed by atoms with Crippen LogP contribution in [0.4, 0.5) is 0 Å². The summed E-state index contributed by atoms with van der Waals surface area (Å²) in [5, 5.41) is 7.63. The molecule has 0 radical (unpaired) electrons. The molecule has 0 bridgehead atoms. The third kappa shape index (κ3) is 4.66. The maximum atomic E-state index is 12.9. The topological polar surface area (TPSA) is 98.7 Å². The van der Waals surface area contributed by atoms with Crippen LogP contribution in [0, 0.1) is 20.8 Å². The van der Waals surface area contributed by atoms with Gasteiger partial charge in [0.25, 0.3) is 5.91 Å². The monoisotopic (exact) mass is 434 g/mol. The Morgan fingerprint density at radius 2 is 2.00 bits per heavy atom. The molecule has 1 N–H and O–H groups in total. The van der Waals surface area contributed by atoms with Crippen molar-refractivity contribution in [1.82, 2.24) is 30.0 Å². The van der Waals surface area contributed by atoms with Gasteiger partial charge in [-0.3, -0.25) is 9.36 Å². The van der Waals surface area contributed by atoms with Crippen LogP contribution in [0.5, 0.6) is 0 Å². The molecule has 158 valence electrons. The third-order valence-corrected chi connectivity index (χ3v) is 5.92. The first kappa shape index (κ1) is 20.8. The maximum absolute atomic E-state index is 12.9. The van der Waals surface area contributed by atoms with Crippen LogP contribution < -0.4 is 5.32 Å². The van der Waals surface area contributed by atoms with Gasteiger partial charge in [0, 0.05) is 42.6 Å². The Hall–Kier alpha value is -3.46. The minimum absolute atomic E-state index is 0.175. The van der Waals surface area contributed by atoms with E-state index in [2.05, 4.69) is 25.4 Å². The van der Waals surface area contributed by atoms with Gasteiger partial charge in [0.1, 0.15) is 22.4 Å². The Balaban J connectivity index is 1.44. The molecule has 4 rings (SSSR count). The fourth-order valence-electron chi connectivity index (χ4n) is 3.13. The van der Waals surface area contributed by atoms with E-state index in [1.807, 2.05) is 43.7 Å². The van der Waals surface area contributed by atoms with E-state index in [4.69, 9.17) is 4.52 Å². The van der Waals surface area contributed by atoms with Crippen LogP contribution in [0.2, 0.25) is 0 Å². The number of rotatable bonds is 7. The van der Waals surface area contributed by atoms with Crippen molar-refractivity contribution in [2.24, 2.45) is 0 Å². The molecule has 0 fully saturated rings. The molecule has 0 atom stereocenters. The SMILES string of the molecule is Cc1noc(C)c1CSc1ncccc1C(=O)NCc1ccnc(-n2ccnc2C)c1. The van der Waals surface area contributed by atoms with Crippen molar-refractivity contribution in [3.63, 3.8) is 0 Å². The molecule has 0 aromatic carbocycles. The van der Waals surface area contributed by atoms with Crippen molar-refractivity contribution < 1.29 is 9.32 Å². The van der Waals surface area contributed by atoms with Gasteiger partial charge < -0.3 is 9.84 Å². The van der Waals surface area contributed by atoms with E-state index < -0.39 is 0 Å².